The molecule has 0 spiro atoms. The summed E-state index contributed by atoms with van der Waals surface area (Å²) in [6, 6.07) is 8.21. The van der Waals surface area contributed by atoms with Crippen LogP contribution in [-0.4, -0.2) is 28.6 Å². The lowest BCUT2D eigenvalue weighted by Crippen LogP contribution is -2.56. The van der Waals surface area contributed by atoms with Crippen LogP contribution in [0.3, 0.4) is 0 Å². The molecule has 0 aliphatic carbocycles. The zero-order valence-electron chi connectivity index (χ0n) is 11.9. The van der Waals surface area contributed by atoms with E-state index in [1.54, 1.807) is 6.92 Å². The quantitative estimate of drug-likeness (QED) is 0.701. The van der Waals surface area contributed by atoms with Crippen molar-refractivity contribution in [2.45, 2.75) is 44.7 Å². The highest BCUT2D eigenvalue weighted by Crippen LogP contribution is 2.10. The van der Waals surface area contributed by atoms with Gasteiger partial charge in [-0.05, 0) is 18.9 Å². The van der Waals surface area contributed by atoms with Crippen molar-refractivity contribution < 1.29 is 14.7 Å². The molecule has 1 aromatic rings. The van der Waals surface area contributed by atoms with Gasteiger partial charge in [-0.1, -0.05) is 43.7 Å². The molecule has 0 radical (unpaired) electrons. The number of carbonyl (C=O) groups is 2. The second-order valence-electron chi connectivity index (χ2n) is 5.22. The largest absolute Gasteiger partial charge is 0.480 e. The molecule has 1 aromatic carbocycles. The van der Waals surface area contributed by atoms with Gasteiger partial charge in [0.1, 0.15) is 6.04 Å². The molecule has 110 valence electrons. The Morgan fingerprint density at radius 1 is 1.35 bits per heavy atom. The molecule has 0 bridgehead atoms. The van der Waals surface area contributed by atoms with Gasteiger partial charge in [0.2, 0.25) is 5.91 Å². The molecule has 0 fully saturated rings. The molecule has 5 heteroatoms. The van der Waals surface area contributed by atoms with Gasteiger partial charge in [0.15, 0.2) is 0 Å². The summed E-state index contributed by atoms with van der Waals surface area (Å²) in [6.45, 7) is 3.55. The second-order valence-corrected chi connectivity index (χ2v) is 5.22. The lowest BCUT2D eigenvalue weighted by molar-refractivity contribution is -0.142. The molecule has 0 heterocycles. The summed E-state index contributed by atoms with van der Waals surface area (Å²) >= 11 is 0. The summed E-state index contributed by atoms with van der Waals surface area (Å²) in [4.78, 5) is 23.3. The molecular formula is C15H22N2O3. The third-order valence-corrected chi connectivity index (χ3v) is 3.17. The predicted octanol–water partition coefficient (Wildman–Crippen LogP) is 1.32. The fraction of sp³-hybridized carbons (Fsp3) is 0.467. The number of nitrogens with two attached hydrogens (primary N) is 1. The number of nitrogens with one attached hydrogen (secondary N) is 1. The summed E-state index contributed by atoms with van der Waals surface area (Å²) in [5, 5.41) is 11.8. The number of hydrogen-bond donors (Lipinski definition) is 3. The lowest BCUT2D eigenvalue weighted by atomic mass is 9.95. The number of aliphatic carboxylic acids is 1. The second kappa shape index (κ2) is 7.05. The first kappa shape index (κ1) is 16.2. The molecule has 0 aromatic heterocycles. The maximum Gasteiger partial charge on any atom is 0.326 e. The maximum absolute atomic E-state index is 12.1. The molecule has 4 N–H and O–H groups in total. The van der Waals surface area contributed by atoms with Crippen LogP contribution in [0.5, 0.6) is 0 Å². The first-order chi connectivity index (χ1) is 9.36. The van der Waals surface area contributed by atoms with Gasteiger partial charge < -0.3 is 16.2 Å². The Balaban J connectivity index is 2.73. The van der Waals surface area contributed by atoms with Crippen LogP contribution in [-0.2, 0) is 16.0 Å². The summed E-state index contributed by atoms with van der Waals surface area (Å²) in [5.41, 5.74) is 5.72. The minimum Gasteiger partial charge on any atom is -0.480 e. The average Bonchev–Trinajstić information content (AvgIpc) is 2.38. The summed E-state index contributed by atoms with van der Waals surface area (Å²) < 4.78 is 0. The Hall–Kier alpha value is -1.88. The Morgan fingerprint density at radius 2 is 1.95 bits per heavy atom. The average molecular weight is 278 g/mol. The summed E-state index contributed by atoms with van der Waals surface area (Å²) in [7, 11) is 0. The number of carboxylic acids is 1. The Kier molecular flexibility index (Phi) is 5.70. The fourth-order valence-electron chi connectivity index (χ4n) is 2.01. The van der Waals surface area contributed by atoms with E-state index in [2.05, 4.69) is 5.32 Å². The van der Waals surface area contributed by atoms with Crippen molar-refractivity contribution in [3.05, 3.63) is 35.9 Å². The number of carbonyl (C=O) groups excluding carboxylic acids is 1. The highest BCUT2D eigenvalue weighted by atomic mass is 16.4. The molecule has 1 rings (SSSR count). The maximum atomic E-state index is 12.1. The lowest BCUT2D eigenvalue weighted by Gasteiger charge is -2.25. The molecule has 2 unspecified atom stereocenters. The van der Waals surface area contributed by atoms with E-state index < -0.39 is 23.5 Å². The van der Waals surface area contributed by atoms with E-state index in [-0.39, 0.29) is 6.42 Å². The molecule has 5 nitrogen and oxygen atoms in total. The Bertz CT molecular complexity index is 457. The molecule has 0 aliphatic rings. The number of rotatable bonds is 7. The number of amides is 1. The van der Waals surface area contributed by atoms with E-state index in [1.807, 2.05) is 37.3 Å². The third kappa shape index (κ3) is 4.66. The summed E-state index contributed by atoms with van der Waals surface area (Å²) in [5.74, 6) is -1.49. The van der Waals surface area contributed by atoms with Crippen molar-refractivity contribution >= 4 is 11.9 Å². The highest BCUT2D eigenvalue weighted by molar-refractivity contribution is 5.89. The van der Waals surface area contributed by atoms with Crippen LogP contribution in [0, 0.1) is 0 Å². The first-order valence-electron chi connectivity index (χ1n) is 6.73. The number of hydrogen-bond acceptors (Lipinski definition) is 3. The van der Waals surface area contributed by atoms with Gasteiger partial charge in [-0.25, -0.2) is 4.79 Å². The van der Waals surface area contributed by atoms with Gasteiger partial charge in [0.25, 0.3) is 0 Å². The van der Waals surface area contributed by atoms with Crippen LogP contribution in [0.25, 0.3) is 0 Å². The topological polar surface area (TPSA) is 92.4 Å². The first-order valence-corrected chi connectivity index (χ1v) is 6.73. The van der Waals surface area contributed by atoms with Gasteiger partial charge in [-0.2, -0.15) is 0 Å². The number of carboxylic acid groups (broad SMARTS) is 1. The van der Waals surface area contributed by atoms with E-state index >= 15 is 0 Å². The van der Waals surface area contributed by atoms with E-state index in [4.69, 9.17) is 5.73 Å². The van der Waals surface area contributed by atoms with Crippen molar-refractivity contribution in [1.29, 1.82) is 0 Å². The van der Waals surface area contributed by atoms with Crippen molar-refractivity contribution in [1.82, 2.24) is 5.32 Å². The van der Waals surface area contributed by atoms with Gasteiger partial charge in [0, 0.05) is 6.42 Å². The Morgan fingerprint density at radius 3 is 2.45 bits per heavy atom. The zero-order valence-corrected chi connectivity index (χ0v) is 11.9. The standard InChI is InChI=1S/C15H22N2O3/c1-3-9-15(2,16)14(20)17-12(13(18)19)10-11-7-5-4-6-8-11/h4-8,12H,3,9-10,16H2,1-2H3,(H,17,20)(H,18,19). The van der Waals surface area contributed by atoms with Crippen LogP contribution in [0.1, 0.15) is 32.3 Å². The van der Waals surface area contributed by atoms with Crippen molar-refractivity contribution in [3.63, 3.8) is 0 Å². The van der Waals surface area contributed by atoms with Crippen LogP contribution in [0.2, 0.25) is 0 Å². The molecule has 0 aliphatic heterocycles. The minimum atomic E-state index is -1.06. The van der Waals surface area contributed by atoms with E-state index in [1.165, 1.54) is 0 Å². The van der Waals surface area contributed by atoms with E-state index in [0.29, 0.717) is 6.42 Å². The van der Waals surface area contributed by atoms with Gasteiger partial charge in [-0.15, -0.1) is 0 Å². The minimum absolute atomic E-state index is 0.240. The van der Waals surface area contributed by atoms with Gasteiger partial charge >= 0.3 is 5.97 Å². The number of benzene rings is 1. The molecule has 0 saturated heterocycles. The van der Waals surface area contributed by atoms with Crippen molar-refractivity contribution in [3.8, 4) is 0 Å². The van der Waals surface area contributed by atoms with Crippen LogP contribution in [0.15, 0.2) is 30.3 Å². The summed E-state index contributed by atoms with van der Waals surface area (Å²) in [6.07, 6.45) is 1.51. The molecule has 1 amide bonds. The van der Waals surface area contributed by atoms with Crippen molar-refractivity contribution in [2.24, 2.45) is 5.73 Å². The van der Waals surface area contributed by atoms with Crippen LogP contribution in [0.4, 0.5) is 0 Å². The highest BCUT2D eigenvalue weighted by Gasteiger charge is 2.31. The monoisotopic (exact) mass is 278 g/mol. The SMILES string of the molecule is CCCC(C)(N)C(=O)NC(Cc1ccccc1)C(=O)O. The fourth-order valence-corrected chi connectivity index (χ4v) is 2.01. The molecule has 20 heavy (non-hydrogen) atoms. The predicted molar refractivity (Wildman–Crippen MR) is 77.2 cm³/mol. The molecular weight excluding hydrogens is 256 g/mol. The zero-order chi connectivity index (χ0) is 15.2. The van der Waals surface area contributed by atoms with Crippen molar-refractivity contribution in [2.75, 3.05) is 0 Å². The van der Waals surface area contributed by atoms with Gasteiger partial charge in [-0.3, -0.25) is 4.79 Å². The van der Waals surface area contributed by atoms with E-state index in [0.717, 1.165) is 12.0 Å². The molecule has 0 saturated carbocycles. The Labute approximate surface area is 119 Å². The van der Waals surface area contributed by atoms with E-state index in [9.17, 15) is 14.7 Å². The normalized spacial score (nSPS) is 15.2. The molecule has 2 atom stereocenters. The third-order valence-electron chi connectivity index (χ3n) is 3.17. The van der Waals surface area contributed by atoms with Crippen LogP contribution < -0.4 is 11.1 Å². The van der Waals surface area contributed by atoms with Crippen LogP contribution >= 0.6 is 0 Å². The van der Waals surface area contributed by atoms with Gasteiger partial charge in [0.05, 0.1) is 5.54 Å². The smallest absolute Gasteiger partial charge is 0.326 e.